The van der Waals surface area contributed by atoms with Crippen LogP contribution < -0.4 is 0 Å². The molecule has 30 rings (SSSR count). The molecule has 15 nitrogen and oxygen atoms in total. The van der Waals surface area contributed by atoms with Gasteiger partial charge in [0.05, 0.1) is 33.1 Å². The molecule has 0 unspecified atom stereocenters. The fourth-order valence-electron chi connectivity index (χ4n) is 20.9. The Morgan fingerprint density at radius 2 is 0.472 bits per heavy atom. The zero-order chi connectivity index (χ0) is 94.8. The first-order chi connectivity index (χ1) is 71.3. The van der Waals surface area contributed by atoms with Crippen LogP contribution in [0.4, 0.5) is 0 Å². The first-order valence-corrected chi connectivity index (χ1v) is 48.1. The summed E-state index contributed by atoms with van der Waals surface area (Å²) < 4.78 is 26.7. The summed E-state index contributed by atoms with van der Waals surface area (Å²) >= 11 is 0. The summed E-state index contributed by atoms with van der Waals surface area (Å²) in [5.41, 5.74) is 23.5. The Hall–Kier alpha value is -19.8. The number of nitrogens with zero attached hydrogens (tertiary/aromatic N) is 12. The molecule has 0 amide bonds. The molecular formula is C129H78N12O3. The number of benzene rings is 22. The Bertz CT molecular complexity index is 10200. The lowest BCUT2D eigenvalue weighted by Gasteiger charge is -2.10. The maximum absolute atomic E-state index is 6.74. The van der Waals surface area contributed by atoms with Gasteiger partial charge in [-0.05, 0) is 176 Å². The molecule has 0 saturated carbocycles. The van der Waals surface area contributed by atoms with Crippen LogP contribution in [0.15, 0.2) is 486 Å². The highest BCUT2D eigenvalue weighted by molar-refractivity contribution is 6.23. The standard InChI is InChI=1S/C48H29N5O.C45H27N3O.C36H22N4O/c1-4-12-31(13-5-1)45-50-46(32-14-6-2-7-15-32)52-47(51-45)34-22-25-37-33(28-34)21-20-30-24-27-40-44(43(30)37)54-48(49-40)35-23-26-39-38-18-10-11-19-41(38)53(42(39)29-35)36-16-8-3-9-17-36;1-3-12-31(13-4-1)47-39-18-10-9-17-34(39)36-26-37-35-23-21-30(25-40(35)48(42(37)27-41(36)47)32-14-5-2-6-15-32)45-46-38-24-22-29-20-19-28-11-7-8-16-33(28)43(29)44(38)49-45;1-4-10-25(11-5-1)33-38-34(26-12-6-2-7-13-26)40-35(39-33)28-19-17-23-16-18-24-20-21-30-32(31(24)29(23)22-28)37-36(41-30)27-14-8-3-9-15-27/h1-29H;1-27H;1-22H. The van der Waals surface area contributed by atoms with Crippen LogP contribution in [0.3, 0.4) is 0 Å². The first kappa shape index (κ1) is 82.5. The molecule has 22 aromatic carbocycles. The first-order valence-electron chi connectivity index (χ1n) is 48.1. The second kappa shape index (κ2) is 34.1. The highest BCUT2D eigenvalue weighted by Crippen LogP contribution is 2.46. The maximum Gasteiger partial charge on any atom is 0.227 e. The van der Waals surface area contributed by atoms with Crippen molar-refractivity contribution in [2.24, 2.45) is 0 Å². The third kappa shape index (κ3) is 14.2. The number of oxazole rings is 3. The van der Waals surface area contributed by atoms with Gasteiger partial charge in [-0.3, -0.25) is 0 Å². The summed E-state index contributed by atoms with van der Waals surface area (Å²) in [5, 5.41) is 20.5. The Morgan fingerprint density at radius 3 is 0.958 bits per heavy atom. The van der Waals surface area contributed by atoms with E-state index in [1.165, 1.54) is 54.1 Å². The van der Waals surface area contributed by atoms with Gasteiger partial charge in [0.1, 0.15) is 16.6 Å². The smallest absolute Gasteiger partial charge is 0.227 e. The Balaban J connectivity index is 0.000000106. The number of fused-ring (bicyclic) bond motifs is 24. The quantitative estimate of drug-likeness (QED) is 0.106. The Morgan fingerprint density at radius 1 is 0.160 bits per heavy atom. The van der Waals surface area contributed by atoms with E-state index >= 15 is 0 Å². The highest BCUT2D eigenvalue weighted by Gasteiger charge is 2.26. The number of rotatable bonds is 12. The summed E-state index contributed by atoms with van der Waals surface area (Å²) in [6, 6.07) is 164. The van der Waals surface area contributed by atoms with Crippen LogP contribution in [0.5, 0.6) is 0 Å². The molecule has 8 heterocycles. The van der Waals surface area contributed by atoms with E-state index in [9.17, 15) is 0 Å². The minimum Gasteiger partial charge on any atom is -0.436 e. The van der Waals surface area contributed by atoms with Crippen molar-refractivity contribution in [1.82, 2.24) is 58.6 Å². The van der Waals surface area contributed by atoms with Crippen molar-refractivity contribution < 1.29 is 13.3 Å². The summed E-state index contributed by atoms with van der Waals surface area (Å²) in [6.07, 6.45) is 0. The van der Waals surface area contributed by atoms with Crippen molar-refractivity contribution in [1.29, 1.82) is 0 Å². The molecule has 0 N–H and O–H groups in total. The van der Waals surface area contributed by atoms with Crippen LogP contribution in [-0.2, 0) is 0 Å². The van der Waals surface area contributed by atoms with Crippen LogP contribution in [0.2, 0.25) is 0 Å². The molecule has 0 spiro atoms. The van der Waals surface area contributed by atoms with Crippen LogP contribution in [0.1, 0.15) is 0 Å². The number of aromatic nitrogens is 12. The van der Waals surface area contributed by atoms with Gasteiger partial charge < -0.3 is 27.0 Å². The van der Waals surface area contributed by atoms with E-state index in [1.54, 1.807) is 0 Å². The average Bonchev–Trinajstić information content (AvgIpc) is 1.55. The van der Waals surface area contributed by atoms with Crippen LogP contribution in [0, 0.1) is 0 Å². The van der Waals surface area contributed by atoms with Gasteiger partial charge >= 0.3 is 0 Å². The molecular weight excluding hydrogens is 1770 g/mol. The van der Waals surface area contributed by atoms with E-state index in [0.29, 0.717) is 52.6 Å². The van der Waals surface area contributed by atoms with Gasteiger partial charge in [0.2, 0.25) is 17.7 Å². The monoisotopic (exact) mass is 1840 g/mol. The molecule has 672 valence electrons. The predicted octanol–water partition coefficient (Wildman–Crippen LogP) is 33.1. The van der Waals surface area contributed by atoms with Crippen LogP contribution >= 0.6 is 0 Å². The van der Waals surface area contributed by atoms with Crippen molar-refractivity contribution in [2.75, 3.05) is 0 Å². The minimum absolute atomic E-state index is 0.588. The summed E-state index contributed by atoms with van der Waals surface area (Å²) in [6.45, 7) is 0. The number of hydrogen-bond acceptors (Lipinski definition) is 12. The molecule has 0 fully saturated rings. The van der Waals surface area contributed by atoms with Crippen molar-refractivity contribution in [2.45, 2.75) is 0 Å². The molecule has 30 aromatic rings. The normalized spacial score (nSPS) is 11.8. The number of para-hydroxylation sites is 5. The van der Waals surface area contributed by atoms with Gasteiger partial charge in [-0.25, -0.2) is 44.9 Å². The molecule has 15 heteroatoms. The van der Waals surface area contributed by atoms with Gasteiger partial charge in [0.25, 0.3) is 0 Å². The highest BCUT2D eigenvalue weighted by atomic mass is 16.4. The third-order valence-electron chi connectivity index (χ3n) is 27.7. The maximum atomic E-state index is 6.74. The lowest BCUT2D eigenvalue weighted by molar-refractivity contribution is 0.620. The van der Waals surface area contributed by atoms with Crippen molar-refractivity contribution in [3.05, 3.63) is 473 Å². The predicted molar refractivity (Wildman–Crippen MR) is 586 cm³/mol. The molecule has 144 heavy (non-hydrogen) atoms. The van der Waals surface area contributed by atoms with Gasteiger partial charge in [-0.1, -0.05) is 346 Å². The minimum atomic E-state index is 0.588. The van der Waals surface area contributed by atoms with E-state index < -0.39 is 0 Å². The SMILES string of the molecule is c1ccc(-c2nc(-c3ccccc3)nc(-c3ccc4c(ccc5ccc6nc(-c7ccc8c9ccccc9n(-c9ccccc9)c8c7)oc6c54)c3)n2)cc1.c1ccc(-c2nc(-c3ccccc3)nc(-c3ccc4ccc5ccc6oc(-c7ccccc7)nc6c5c4c3)n2)cc1.c1ccc(-n2c3ccccc3c3cc4c5ccc(-c6nc7ccc8ccc9ccccc9c8c7o6)cc5n(-c5ccccc5)c4cc32)cc1. The van der Waals surface area contributed by atoms with Crippen molar-refractivity contribution >= 4 is 163 Å². The van der Waals surface area contributed by atoms with Crippen LogP contribution in [-0.4, -0.2) is 58.6 Å². The molecule has 0 atom stereocenters. The van der Waals surface area contributed by atoms with E-state index in [4.69, 9.17) is 58.1 Å². The zero-order valence-electron chi connectivity index (χ0n) is 77.1. The van der Waals surface area contributed by atoms with Crippen molar-refractivity contribution in [3.63, 3.8) is 0 Å². The Labute approximate surface area is 822 Å². The topological polar surface area (TPSA) is 170 Å². The summed E-state index contributed by atoms with van der Waals surface area (Å²) in [7, 11) is 0. The van der Waals surface area contributed by atoms with E-state index in [-0.39, 0.29) is 0 Å². The molecule has 0 bridgehead atoms. The lowest BCUT2D eigenvalue weighted by atomic mass is 9.98. The molecule has 0 aliphatic carbocycles. The van der Waals surface area contributed by atoms with Gasteiger partial charge in [0, 0.05) is 116 Å². The van der Waals surface area contributed by atoms with Gasteiger partial charge in [-0.15, -0.1) is 0 Å². The van der Waals surface area contributed by atoms with Gasteiger partial charge in [-0.2, -0.15) is 0 Å². The third-order valence-corrected chi connectivity index (χ3v) is 27.7. The Kier molecular flexibility index (Phi) is 19.6. The molecule has 0 aliphatic rings. The second-order valence-electron chi connectivity index (χ2n) is 36.2. The molecule has 0 saturated heterocycles. The van der Waals surface area contributed by atoms with E-state index in [2.05, 4.69) is 317 Å². The van der Waals surface area contributed by atoms with E-state index in [0.717, 1.165) is 176 Å². The summed E-state index contributed by atoms with van der Waals surface area (Å²) in [4.78, 5) is 44.6. The fourth-order valence-corrected chi connectivity index (χ4v) is 20.9. The molecule has 0 radical (unpaired) electrons. The summed E-state index contributed by atoms with van der Waals surface area (Å²) in [5.74, 6) is 5.60. The average molecular weight is 1840 g/mol. The molecule has 8 aromatic heterocycles. The van der Waals surface area contributed by atoms with Crippen molar-refractivity contribution in [3.8, 4) is 120 Å². The van der Waals surface area contributed by atoms with E-state index in [1.807, 2.05) is 170 Å². The zero-order valence-corrected chi connectivity index (χ0v) is 77.1. The second-order valence-corrected chi connectivity index (χ2v) is 36.2. The number of hydrogen-bond donors (Lipinski definition) is 0. The lowest BCUT2D eigenvalue weighted by Crippen LogP contribution is -2.00. The van der Waals surface area contributed by atoms with Crippen LogP contribution in [0.25, 0.3) is 283 Å². The fraction of sp³-hybridized carbons (Fsp3) is 0. The largest absolute Gasteiger partial charge is 0.436 e. The molecule has 0 aliphatic heterocycles. The van der Waals surface area contributed by atoms with Gasteiger partial charge in [0.15, 0.2) is 51.7 Å².